The van der Waals surface area contributed by atoms with E-state index in [1.807, 2.05) is 44.2 Å². The highest BCUT2D eigenvalue weighted by Crippen LogP contribution is 2.29. The first kappa shape index (κ1) is 26.2. The first-order chi connectivity index (χ1) is 16.7. The average Bonchev–Trinajstić information content (AvgIpc) is 3.26. The Balaban J connectivity index is 1.72. The van der Waals surface area contributed by atoms with Crippen LogP contribution in [0.25, 0.3) is 0 Å². The van der Waals surface area contributed by atoms with Crippen LogP contribution >= 0.6 is 0 Å². The van der Waals surface area contributed by atoms with E-state index in [4.69, 9.17) is 9.57 Å². The molecule has 3 rings (SSSR count). The van der Waals surface area contributed by atoms with Crippen molar-refractivity contribution in [1.82, 2.24) is 10.6 Å². The summed E-state index contributed by atoms with van der Waals surface area (Å²) in [5, 5.41) is 29.2. The Morgan fingerprint density at radius 2 is 1.91 bits per heavy atom. The standard InChI is InChI=1S/C25H32BN3O6/c1-17(2)12-22(26(32)33)28-24(31)25(14-18-8-5-4-6-9-18)15-20(29-35-25)16-27-23(30)19-10-7-11-21(13-19)34-3/h4-11,13,17,22,32-33H,12,14-16H2,1-3H3,(H,27,30)(H,28,31). The van der Waals surface area contributed by atoms with E-state index in [9.17, 15) is 19.6 Å². The van der Waals surface area contributed by atoms with Crippen LogP contribution in [0.15, 0.2) is 59.8 Å². The smallest absolute Gasteiger partial charge is 0.475 e. The third-order valence-corrected chi connectivity index (χ3v) is 5.77. The van der Waals surface area contributed by atoms with Crippen molar-refractivity contribution in [1.29, 1.82) is 0 Å². The van der Waals surface area contributed by atoms with E-state index in [1.54, 1.807) is 24.3 Å². The SMILES string of the molecule is COc1cccc(C(=O)NCC2=NOC(Cc3ccccc3)(C(=O)NC(CC(C)C)B(O)O)C2)c1. The molecule has 2 aromatic rings. The van der Waals surface area contributed by atoms with E-state index in [0.29, 0.717) is 23.4 Å². The molecule has 2 unspecified atom stereocenters. The van der Waals surface area contributed by atoms with Gasteiger partial charge in [-0.3, -0.25) is 9.59 Å². The van der Waals surface area contributed by atoms with Crippen molar-refractivity contribution in [2.45, 2.75) is 44.7 Å². The number of hydrogen-bond acceptors (Lipinski definition) is 7. The van der Waals surface area contributed by atoms with Gasteiger partial charge >= 0.3 is 7.12 Å². The molecule has 0 aliphatic carbocycles. The second kappa shape index (κ2) is 11.9. The summed E-state index contributed by atoms with van der Waals surface area (Å²) < 4.78 is 5.16. The zero-order chi connectivity index (χ0) is 25.4. The molecule has 4 N–H and O–H groups in total. The number of ether oxygens (including phenoxy) is 1. The van der Waals surface area contributed by atoms with Crippen molar-refractivity contribution < 1.29 is 29.2 Å². The van der Waals surface area contributed by atoms with Gasteiger partial charge < -0.3 is 30.3 Å². The van der Waals surface area contributed by atoms with Gasteiger partial charge in [-0.1, -0.05) is 55.4 Å². The predicted molar refractivity (Wildman–Crippen MR) is 133 cm³/mol. The van der Waals surface area contributed by atoms with Crippen LogP contribution in [0, 0.1) is 5.92 Å². The molecule has 9 nitrogen and oxygen atoms in total. The number of carbonyl (C=O) groups is 2. The zero-order valence-corrected chi connectivity index (χ0v) is 20.2. The molecule has 1 aliphatic rings. The third kappa shape index (κ3) is 7.06. The minimum atomic E-state index is -1.71. The summed E-state index contributed by atoms with van der Waals surface area (Å²) in [6, 6.07) is 16.2. The Morgan fingerprint density at radius 3 is 2.57 bits per heavy atom. The van der Waals surface area contributed by atoms with Gasteiger partial charge in [0.1, 0.15) is 5.75 Å². The average molecular weight is 481 g/mol. The fourth-order valence-electron chi connectivity index (χ4n) is 3.97. The Hall–Kier alpha value is -3.37. The maximum atomic E-state index is 13.4. The van der Waals surface area contributed by atoms with E-state index >= 15 is 0 Å². The van der Waals surface area contributed by atoms with Crippen molar-refractivity contribution in [2.24, 2.45) is 11.1 Å². The first-order valence-corrected chi connectivity index (χ1v) is 11.6. The maximum Gasteiger partial charge on any atom is 0.475 e. The molecule has 2 atom stereocenters. The van der Waals surface area contributed by atoms with E-state index in [0.717, 1.165) is 5.56 Å². The van der Waals surface area contributed by atoms with Crippen LogP contribution in [0.3, 0.4) is 0 Å². The lowest BCUT2D eigenvalue weighted by Gasteiger charge is -2.29. The molecule has 0 fully saturated rings. The largest absolute Gasteiger partial charge is 0.497 e. The van der Waals surface area contributed by atoms with Crippen LogP contribution < -0.4 is 15.4 Å². The van der Waals surface area contributed by atoms with Gasteiger partial charge in [-0.25, -0.2) is 0 Å². The van der Waals surface area contributed by atoms with Gasteiger partial charge in [0.05, 0.1) is 25.3 Å². The number of amides is 2. The fourth-order valence-corrected chi connectivity index (χ4v) is 3.97. The van der Waals surface area contributed by atoms with E-state index in [1.165, 1.54) is 7.11 Å². The zero-order valence-electron chi connectivity index (χ0n) is 20.2. The van der Waals surface area contributed by atoms with E-state index in [2.05, 4.69) is 15.8 Å². The summed E-state index contributed by atoms with van der Waals surface area (Å²) in [5.41, 5.74) is 0.425. The molecule has 186 valence electrons. The van der Waals surface area contributed by atoms with Gasteiger partial charge in [-0.2, -0.15) is 0 Å². The predicted octanol–water partition coefficient (Wildman–Crippen LogP) is 1.73. The lowest BCUT2D eigenvalue weighted by atomic mass is 9.74. The van der Waals surface area contributed by atoms with Crippen molar-refractivity contribution >= 4 is 24.6 Å². The third-order valence-electron chi connectivity index (χ3n) is 5.77. The lowest BCUT2D eigenvalue weighted by molar-refractivity contribution is -0.144. The lowest BCUT2D eigenvalue weighted by Crippen LogP contribution is -2.56. The fraction of sp³-hybridized carbons (Fsp3) is 0.400. The summed E-state index contributed by atoms with van der Waals surface area (Å²) in [5.74, 6) is -0.944. The topological polar surface area (TPSA) is 129 Å². The Bertz CT molecular complexity index is 1050. The van der Waals surface area contributed by atoms with Crippen LogP contribution in [-0.2, 0) is 16.1 Å². The summed E-state index contributed by atoms with van der Waals surface area (Å²) in [4.78, 5) is 31.7. The van der Waals surface area contributed by atoms with Crippen molar-refractivity contribution in [3.8, 4) is 5.75 Å². The number of carbonyl (C=O) groups excluding carboxylic acids is 2. The number of benzene rings is 2. The highest BCUT2D eigenvalue weighted by molar-refractivity contribution is 6.43. The van der Waals surface area contributed by atoms with Gasteiger partial charge in [-0.15, -0.1) is 0 Å². The number of rotatable bonds is 11. The number of nitrogens with zero attached hydrogens (tertiary/aromatic N) is 1. The molecular weight excluding hydrogens is 449 g/mol. The van der Waals surface area contributed by atoms with Crippen LogP contribution in [0.1, 0.15) is 42.6 Å². The molecule has 35 heavy (non-hydrogen) atoms. The number of oxime groups is 1. The van der Waals surface area contributed by atoms with Crippen molar-refractivity contribution in [3.63, 3.8) is 0 Å². The normalized spacial score (nSPS) is 17.8. The van der Waals surface area contributed by atoms with Crippen LogP contribution in [0.5, 0.6) is 5.75 Å². The number of nitrogens with one attached hydrogen (secondary N) is 2. The minimum absolute atomic E-state index is 0.0951. The molecule has 0 spiro atoms. The highest BCUT2D eigenvalue weighted by atomic mass is 16.7. The van der Waals surface area contributed by atoms with Crippen molar-refractivity contribution in [2.75, 3.05) is 13.7 Å². The molecule has 10 heteroatoms. The minimum Gasteiger partial charge on any atom is -0.497 e. The van der Waals surface area contributed by atoms with Gasteiger partial charge in [0.15, 0.2) is 0 Å². The number of methoxy groups -OCH3 is 1. The van der Waals surface area contributed by atoms with Gasteiger partial charge in [0, 0.05) is 18.4 Å². The van der Waals surface area contributed by atoms with Crippen molar-refractivity contribution in [3.05, 3.63) is 65.7 Å². The summed E-state index contributed by atoms with van der Waals surface area (Å²) >= 11 is 0. The molecule has 0 radical (unpaired) electrons. The maximum absolute atomic E-state index is 13.4. The van der Waals surface area contributed by atoms with Crippen LogP contribution in [-0.4, -0.2) is 59.9 Å². The summed E-state index contributed by atoms with van der Waals surface area (Å²) in [6.07, 6.45) is 0.754. The van der Waals surface area contributed by atoms with Gasteiger partial charge in [0.25, 0.3) is 11.8 Å². The Kier molecular flexibility index (Phi) is 8.89. The summed E-state index contributed by atoms with van der Waals surface area (Å²) in [7, 11) is -0.181. The van der Waals surface area contributed by atoms with Gasteiger partial charge in [-0.05, 0) is 36.1 Å². The molecular formula is C25H32BN3O6. The molecule has 2 aromatic carbocycles. The quantitative estimate of drug-likeness (QED) is 0.362. The van der Waals surface area contributed by atoms with Crippen LogP contribution in [0.2, 0.25) is 0 Å². The monoisotopic (exact) mass is 481 g/mol. The molecule has 1 aliphatic heterocycles. The second-order valence-corrected chi connectivity index (χ2v) is 9.12. The molecule has 0 saturated heterocycles. The Labute approximate surface area is 205 Å². The van der Waals surface area contributed by atoms with E-state index in [-0.39, 0.29) is 31.2 Å². The first-order valence-electron chi connectivity index (χ1n) is 11.6. The summed E-state index contributed by atoms with van der Waals surface area (Å²) in [6.45, 7) is 3.96. The molecule has 0 saturated carbocycles. The second-order valence-electron chi connectivity index (χ2n) is 9.12. The molecule has 0 bridgehead atoms. The Morgan fingerprint density at radius 1 is 1.17 bits per heavy atom. The molecule has 1 heterocycles. The number of hydrogen-bond donors (Lipinski definition) is 4. The van der Waals surface area contributed by atoms with E-state index < -0.39 is 24.6 Å². The molecule has 0 aromatic heterocycles. The highest BCUT2D eigenvalue weighted by Gasteiger charge is 2.48. The van der Waals surface area contributed by atoms with Crippen LogP contribution in [0.4, 0.5) is 0 Å². The molecule has 2 amide bonds. The van der Waals surface area contributed by atoms with Gasteiger partial charge in [0.2, 0.25) is 5.60 Å².